The lowest BCUT2D eigenvalue weighted by Crippen LogP contribution is -2.58. The number of rotatable bonds is 4. The first kappa shape index (κ1) is 17.3. The zero-order valence-electron chi connectivity index (χ0n) is 14.0. The summed E-state index contributed by atoms with van der Waals surface area (Å²) in [6, 6.07) is 7.43. The van der Waals surface area contributed by atoms with Gasteiger partial charge in [-0.25, -0.2) is 0 Å². The van der Waals surface area contributed by atoms with Gasteiger partial charge >= 0.3 is 5.97 Å². The van der Waals surface area contributed by atoms with Crippen LogP contribution in [0.2, 0.25) is 0 Å². The molecule has 1 aromatic carbocycles. The van der Waals surface area contributed by atoms with Gasteiger partial charge in [0.1, 0.15) is 0 Å². The van der Waals surface area contributed by atoms with Gasteiger partial charge < -0.3 is 15.2 Å². The minimum atomic E-state index is -0.702. The van der Waals surface area contributed by atoms with E-state index in [-0.39, 0.29) is 18.5 Å². The van der Waals surface area contributed by atoms with Crippen LogP contribution in [0, 0.1) is 20.8 Å². The van der Waals surface area contributed by atoms with Crippen LogP contribution in [0.25, 0.3) is 0 Å². The first-order valence-electron chi connectivity index (χ1n) is 8.81. The molecule has 4 aliphatic carbocycles. The third-order valence-electron chi connectivity index (χ3n) is 5.93. The highest BCUT2D eigenvalue weighted by Gasteiger charge is 2.60. The molecular formula is C19H22INO4. The fraction of sp³-hybridized carbons (Fsp3) is 0.579. The van der Waals surface area contributed by atoms with Crippen LogP contribution in [0.3, 0.4) is 0 Å². The summed E-state index contributed by atoms with van der Waals surface area (Å²) >= 11 is 2.20. The number of amides is 1. The Kier molecular flexibility index (Phi) is 4.30. The molecule has 5 rings (SSSR count). The van der Waals surface area contributed by atoms with E-state index in [0.29, 0.717) is 23.9 Å². The zero-order chi connectivity index (χ0) is 17.7. The van der Waals surface area contributed by atoms with Crippen molar-refractivity contribution < 1.29 is 19.4 Å². The van der Waals surface area contributed by atoms with Crippen molar-refractivity contribution >= 4 is 40.2 Å². The molecule has 4 bridgehead atoms. The Morgan fingerprint density at radius 2 is 1.80 bits per heavy atom. The van der Waals surface area contributed by atoms with Gasteiger partial charge in [-0.2, -0.15) is 0 Å². The number of ether oxygens (including phenoxy) is 1. The summed E-state index contributed by atoms with van der Waals surface area (Å²) in [5.41, 5.74) is -0.597. The van der Waals surface area contributed by atoms with Gasteiger partial charge in [0.2, 0.25) is 0 Å². The van der Waals surface area contributed by atoms with Crippen molar-refractivity contribution in [2.75, 3.05) is 11.9 Å². The van der Waals surface area contributed by atoms with Gasteiger partial charge in [0.15, 0.2) is 6.61 Å². The second-order valence-electron chi connectivity index (χ2n) is 8.10. The number of carbonyl (C=O) groups excluding carboxylic acids is 2. The smallest absolute Gasteiger partial charge is 0.312 e. The molecule has 2 N–H and O–H groups in total. The lowest BCUT2D eigenvalue weighted by Gasteiger charge is -2.58. The summed E-state index contributed by atoms with van der Waals surface area (Å²) < 4.78 is 6.45. The summed E-state index contributed by atoms with van der Waals surface area (Å²) in [4.78, 5) is 24.8. The Bertz CT molecular complexity index is 688. The number of hydrogen-bond acceptors (Lipinski definition) is 4. The van der Waals surface area contributed by atoms with Gasteiger partial charge in [-0.05, 0) is 97.2 Å². The van der Waals surface area contributed by atoms with Crippen LogP contribution in [0.5, 0.6) is 0 Å². The summed E-state index contributed by atoms with van der Waals surface area (Å²) in [5, 5.41) is 13.5. The largest absolute Gasteiger partial charge is 0.455 e. The lowest BCUT2D eigenvalue weighted by atomic mass is 9.48. The predicted molar refractivity (Wildman–Crippen MR) is 101 cm³/mol. The maximum atomic E-state index is 12.7. The van der Waals surface area contributed by atoms with Gasteiger partial charge in [0, 0.05) is 9.26 Å². The number of carbonyl (C=O) groups is 2. The van der Waals surface area contributed by atoms with E-state index in [9.17, 15) is 14.7 Å². The zero-order valence-corrected chi connectivity index (χ0v) is 16.1. The molecular weight excluding hydrogens is 433 g/mol. The Labute approximate surface area is 160 Å². The molecule has 0 radical (unpaired) electrons. The SMILES string of the molecule is O=C(COC(=O)C12CC3CC(CC(O)(C3)C1)C2)Nc1ccc(I)cc1. The highest BCUT2D eigenvalue weighted by atomic mass is 127. The third kappa shape index (κ3) is 3.43. The normalized spacial score (nSPS) is 35.4. The van der Waals surface area contributed by atoms with Gasteiger partial charge in [-0.3, -0.25) is 9.59 Å². The van der Waals surface area contributed by atoms with Crippen molar-refractivity contribution in [2.24, 2.45) is 17.3 Å². The summed E-state index contributed by atoms with van der Waals surface area (Å²) in [5.74, 6) is 0.189. The summed E-state index contributed by atoms with van der Waals surface area (Å²) in [7, 11) is 0. The van der Waals surface area contributed by atoms with Crippen molar-refractivity contribution in [3.05, 3.63) is 27.8 Å². The molecule has 0 aromatic heterocycles. The molecule has 0 spiro atoms. The molecule has 4 saturated carbocycles. The highest BCUT2D eigenvalue weighted by molar-refractivity contribution is 14.1. The summed E-state index contributed by atoms with van der Waals surface area (Å²) in [6.45, 7) is -0.277. The molecule has 1 aromatic rings. The fourth-order valence-electron chi connectivity index (χ4n) is 5.47. The quantitative estimate of drug-likeness (QED) is 0.541. The van der Waals surface area contributed by atoms with Crippen molar-refractivity contribution in [3.8, 4) is 0 Å². The monoisotopic (exact) mass is 455 g/mol. The third-order valence-corrected chi connectivity index (χ3v) is 6.64. The van der Waals surface area contributed by atoms with E-state index < -0.39 is 11.0 Å². The Hall–Kier alpha value is -1.15. The van der Waals surface area contributed by atoms with Gasteiger partial charge in [-0.15, -0.1) is 0 Å². The number of esters is 1. The lowest BCUT2D eigenvalue weighted by molar-refractivity contribution is -0.196. The second kappa shape index (κ2) is 6.23. The Morgan fingerprint density at radius 1 is 1.16 bits per heavy atom. The molecule has 0 heterocycles. The highest BCUT2D eigenvalue weighted by Crippen LogP contribution is 2.61. The van der Waals surface area contributed by atoms with Crippen LogP contribution in [0.4, 0.5) is 5.69 Å². The molecule has 134 valence electrons. The van der Waals surface area contributed by atoms with Gasteiger partial charge in [-0.1, -0.05) is 0 Å². The van der Waals surface area contributed by atoms with Gasteiger partial charge in [0.05, 0.1) is 11.0 Å². The molecule has 0 aliphatic heterocycles. The fourth-order valence-corrected chi connectivity index (χ4v) is 5.83. The minimum absolute atomic E-state index is 0.277. The molecule has 25 heavy (non-hydrogen) atoms. The van der Waals surface area contributed by atoms with Crippen LogP contribution >= 0.6 is 22.6 Å². The number of halogens is 1. The van der Waals surface area contributed by atoms with Crippen molar-refractivity contribution in [1.29, 1.82) is 0 Å². The number of nitrogens with one attached hydrogen (secondary N) is 1. The Morgan fingerprint density at radius 3 is 2.40 bits per heavy atom. The second-order valence-corrected chi connectivity index (χ2v) is 9.34. The average molecular weight is 455 g/mol. The first-order chi connectivity index (χ1) is 11.9. The average Bonchev–Trinajstić information content (AvgIpc) is 2.52. The van der Waals surface area contributed by atoms with Crippen LogP contribution in [-0.4, -0.2) is 29.2 Å². The maximum Gasteiger partial charge on any atom is 0.312 e. The van der Waals surface area contributed by atoms with E-state index in [4.69, 9.17) is 4.74 Å². The topological polar surface area (TPSA) is 75.6 Å². The molecule has 6 heteroatoms. The number of hydrogen-bond donors (Lipinski definition) is 2. The van der Waals surface area contributed by atoms with Crippen molar-refractivity contribution in [1.82, 2.24) is 0 Å². The minimum Gasteiger partial charge on any atom is -0.455 e. The van der Waals surface area contributed by atoms with Gasteiger partial charge in [0.25, 0.3) is 5.91 Å². The molecule has 2 atom stereocenters. The van der Waals surface area contributed by atoms with Crippen LogP contribution in [-0.2, 0) is 14.3 Å². The van der Waals surface area contributed by atoms with E-state index in [0.717, 1.165) is 35.7 Å². The number of anilines is 1. The van der Waals surface area contributed by atoms with Crippen LogP contribution in [0.15, 0.2) is 24.3 Å². The van der Waals surface area contributed by atoms with E-state index in [1.807, 2.05) is 24.3 Å². The summed E-state index contributed by atoms with van der Waals surface area (Å²) in [6.07, 6.45) is 4.82. The standard InChI is InChI=1S/C19H22INO4/c20-14-1-3-15(4-2-14)21-16(22)10-25-17(23)18-6-12-5-13(7-18)9-19(24,8-12)11-18/h1-4,12-13,24H,5-11H2,(H,21,22). The van der Waals surface area contributed by atoms with E-state index in [1.54, 1.807) is 0 Å². The van der Waals surface area contributed by atoms with Crippen molar-refractivity contribution in [2.45, 2.75) is 44.1 Å². The van der Waals surface area contributed by atoms with Crippen LogP contribution in [0.1, 0.15) is 38.5 Å². The first-order valence-corrected chi connectivity index (χ1v) is 9.89. The number of aliphatic hydroxyl groups is 1. The molecule has 1 amide bonds. The maximum absolute atomic E-state index is 12.7. The predicted octanol–water partition coefficient (Wildman–Crippen LogP) is 3.10. The van der Waals surface area contributed by atoms with Crippen LogP contribution < -0.4 is 5.32 Å². The molecule has 4 aliphatic rings. The van der Waals surface area contributed by atoms with E-state index >= 15 is 0 Å². The number of benzene rings is 1. The molecule has 0 saturated heterocycles. The van der Waals surface area contributed by atoms with E-state index in [1.165, 1.54) is 0 Å². The Balaban J connectivity index is 1.36. The van der Waals surface area contributed by atoms with Crippen molar-refractivity contribution in [3.63, 3.8) is 0 Å². The molecule has 2 unspecified atom stereocenters. The molecule has 4 fully saturated rings. The molecule has 5 nitrogen and oxygen atoms in total. The van der Waals surface area contributed by atoms with E-state index in [2.05, 4.69) is 27.9 Å².